The zero-order chi connectivity index (χ0) is 11.1. The van der Waals surface area contributed by atoms with Crippen LogP contribution < -0.4 is 0 Å². The lowest BCUT2D eigenvalue weighted by atomic mass is 10.1. The molecule has 0 aromatic heterocycles. The minimum Gasteiger partial charge on any atom is -0.462 e. The summed E-state index contributed by atoms with van der Waals surface area (Å²) in [5.74, 6) is -0.523. The Labute approximate surface area is 90.1 Å². The summed E-state index contributed by atoms with van der Waals surface area (Å²) < 4.78 is 4.78. The molecular weight excluding hydrogens is 192 g/mol. The minimum absolute atomic E-state index is 0.0961. The van der Waals surface area contributed by atoms with E-state index in [9.17, 15) is 4.79 Å². The molecule has 1 heterocycles. The van der Waals surface area contributed by atoms with Crippen molar-refractivity contribution in [1.29, 1.82) is 5.26 Å². The van der Waals surface area contributed by atoms with Crippen molar-refractivity contribution in [2.45, 2.75) is 26.2 Å². The second-order valence-corrected chi connectivity index (χ2v) is 3.47. The Morgan fingerprint density at radius 2 is 2.13 bits per heavy atom. The molecule has 0 aromatic carbocycles. The average Bonchev–Trinajstić information content (AvgIpc) is 2.27. The van der Waals surface area contributed by atoms with Gasteiger partial charge < -0.3 is 9.64 Å². The first-order chi connectivity index (χ1) is 7.27. The quantitative estimate of drug-likeness (QED) is 0.400. The van der Waals surface area contributed by atoms with Crippen LogP contribution in [-0.2, 0) is 9.53 Å². The van der Waals surface area contributed by atoms with Gasteiger partial charge in [0, 0.05) is 19.3 Å². The molecule has 0 aliphatic carbocycles. The molecule has 0 unspecified atom stereocenters. The van der Waals surface area contributed by atoms with Crippen LogP contribution in [-0.4, -0.2) is 30.6 Å². The molecule has 0 bridgehead atoms. The number of rotatable bonds is 3. The number of carbonyl (C=O) groups excluding carboxylic acids is 1. The van der Waals surface area contributed by atoms with Crippen LogP contribution in [0, 0.1) is 11.3 Å². The largest absolute Gasteiger partial charge is 0.462 e. The SMILES string of the molecule is CCOC(=O)/C(C#N)=C/N1CCCCC1. The third-order valence-electron chi connectivity index (χ3n) is 2.32. The highest BCUT2D eigenvalue weighted by Crippen LogP contribution is 2.10. The maximum atomic E-state index is 11.3. The van der Waals surface area contributed by atoms with E-state index in [0.717, 1.165) is 25.9 Å². The lowest BCUT2D eigenvalue weighted by molar-refractivity contribution is -0.138. The van der Waals surface area contributed by atoms with Gasteiger partial charge in [-0.1, -0.05) is 0 Å². The maximum Gasteiger partial charge on any atom is 0.350 e. The Bertz CT molecular complexity index is 285. The van der Waals surface area contributed by atoms with E-state index in [1.54, 1.807) is 13.1 Å². The number of nitrogens with zero attached hydrogens (tertiary/aromatic N) is 2. The van der Waals surface area contributed by atoms with Crippen molar-refractivity contribution in [1.82, 2.24) is 4.90 Å². The first-order valence-corrected chi connectivity index (χ1v) is 5.31. The zero-order valence-corrected chi connectivity index (χ0v) is 9.03. The van der Waals surface area contributed by atoms with E-state index in [2.05, 4.69) is 0 Å². The summed E-state index contributed by atoms with van der Waals surface area (Å²) in [4.78, 5) is 13.3. The monoisotopic (exact) mass is 208 g/mol. The Kier molecular flexibility index (Phi) is 4.69. The van der Waals surface area contributed by atoms with E-state index in [1.807, 2.05) is 11.0 Å². The second-order valence-electron chi connectivity index (χ2n) is 3.47. The number of piperidine rings is 1. The first-order valence-electron chi connectivity index (χ1n) is 5.31. The van der Waals surface area contributed by atoms with E-state index in [-0.39, 0.29) is 5.57 Å². The summed E-state index contributed by atoms with van der Waals surface area (Å²) in [6, 6.07) is 1.88. The van der Waals surface area contributed by atoms with Gasteiger partial charge in [-0.3, -0.25) is 0 Å². The van der Waals surface area contributed by atoms with Gasteiger partial charge in [0.2, 0.25) is 0 Å². The van der Waals surface area contributed by atoms with Crippen LogP contribution in [0.3, 0.4) is 0 Å². The molecule has 0 aromatic rings. The predicted octanol–water partition coefficient (Wildman–Crippen LogP) is 1.44. The molecule has 0 N–H and O–H groups in total. The standard InChI is InChI=1S/C11H16N2O2/c1-2-15-11(14)10(8-12)9-13-6-4-3-5-7-13/h9H,2-7H2,1H3/b10-9+. The molecule has 1 aliphatic heterocycles. The Morgan fingerprint density at radius 1 is 1.47 bits per heavy atom. The van der Waals surface area contributed by atoms with E-state index >= 15 is 0 Å². The van der Waals surface area contributed by atoms with Crippen molar-refractivity contribution in [3.05, 3.63) is 11.8 Å². The van der Waals surface area contributed by atoms with Gasteiger partial charge in [0.05, 0.1) is 6.61 Å². The third-order valence-corrected chi connectivity index (χ3v) is 2.32. The fourth-order valence-corrected chi connectivity index (χ4v) is 1.57. The van der Waals surface area contributed by atoms with Gasteiger partial charge in [0.25, 0.3) is 0 Å². The third kappa shape index (κ3) is 3.62. The highest BCUT2D eigenvalue weighted by molar-refractivity contribution is 5.92. The van der Waals surface area contributed by atoms with E-state index < -0.39 is 5.97 Å². The summed E-state index contributed by atoms with van der Waals surface area (Å²) in [6.45, 7) is 3.88. The molecule has 0 amide bonds. The normalized spacial score (nSPS) is 17.1. The molecule has 1 fully saturated rings. The summed E-state index contributed by atoms with van der Waals surface area (Å²) in [6.07, 6.45) is 5.10. The van der Waals surface area contributed by atoms with Crippen LogP contribution in [0.2, 0.25) is 0 Å². The number of esters is 1. The molecule has 1 saturated heterocycles. The summed E-state index contributed by atoms with van der Waals surface area (Å²) in [5, 5.41) is 8.81. The van der Waals surface area contributed by atoms with E-state index in [1.165, 1.54) is 6.42 Å². The molecule has 0 radical (unpaired) electrons. The highest BCUT2D eigenvalue weighted by atomic mass is 16.5. The molecule has 82 valence electrons. The number of carbonyl (C=O) groups is 1. The molecule has 1 rings (SSSR count). The Hall–Kier alpha value is -1.50. The molecule has 0 atom stereocenters. The van der Waals surface area contributed by atoms with Crippen LogP contribution in [0.25, 0.3) is 0 Å². The smallest absolute Gasteiger partial charge is 0.350 e. The predicted molar refractivity (Wildman–Crippen MR) is 55.8 cm³/mol. The number of hydrogen-bond donors (Lipinski definition) is 0. The number of hydrogen-bond acceptors (Lipinski definition) is 4. The maximum absolute atomic E-state index is 11.3. The van der Waals surface area contributed by atoms with Crippen LogP contribution in [0.15, 0.2) is 11.8 Å². The average molecular weight is 208 g/mol. The fourth-order valence-electron chi connectivity index (χ4n) is 1.57. The molecule has 4 heteroatoms. The lowest BCUT2D eigenvalue weighted by Crippen LogP contribution is -2.25. The van der Waals surface area contributed by atoms with Crippen molar-refractivity contribution in [3.63, 3.8) is 0 Å². The summed E-state index contributed by atoms with van der Waals surface area (Å²) >= 11 is 0. The number of nitriles is 1. The van der Waals surface area contributed by atoms with Gasteiger partial charge in [-0.05, 0) is 26.2 Å². The number of ether oxygens (including phenoxy) is 1. The molecule has 0 spiro atoms. The van der Waals surface area contributed by atoms with Crippen LogP contribution >= 0.6 is 0 Å². The first kappa shape index (κ1) is 11.6. The molecule has 0 saturated carbocycles. The number of likely N-dealkylation sites (tertiary alicyclic amines) is 1. The highest BCUT2D eigenvalue weighted by Gasteiger charge is 2.13. The summed E-state index contributed by atoms with van der Waals surface area (Å²) in [5.41, 5.74) is 0.0961. The minimum atomic E-state index is -0.523. The van der Waals surface area contributed by atoms with Gasteiger partial charge in [-0.15, -0.1) is 0 Å². The van der Waals surface area contributed by atoms with Crippen molar-refractivity contribution >= 4 is 5.97 Å². The van der Waals surface area contributed by atoms with Crippen molar-refractivity contribution < 1.29 is 9.53 Å². The van der Waals surface area contributed by atoms with Crippen molar-refractivity contribution in [2.75, 3.05) is 19.7 Å². The van der Waals surface area contributed by atoms with E-state index in [0.29, 0.717) is 6.61 Å². The summed E-state index contributed by atoms with van der Waals surface area (Å²) in [7, 11) is 0. The van der Waals surface area contributed by atoms with Crippen LogP contribution in [0.1, 0.15) is 26.2 Å². The Morgan fingerprint density at radius 3 is 2.67 bits per heavy atom. The molecular formula is C11H16N2O2. The Balaban J connectivity index is 2.60. The van der Waals surface area contributed by atoms with Crippen molar-refractivity contribution in [2.24, 2.45) is 0 Å². The molecule has 4 nitrogen and oxygen atoms in total. The van der Waals surface area contributed by atoms with Gasteiger partial charge in [0.15, 0.2) is 5.57 Å². The van der Waals surface area contributed by atoms with Crippen LogP contribution in [0.5, 0.6) is 0 Å². The van der Waals surface area contributed by atoms with Crippen LogP contribution in [0.4, 0.5) is 0 Å². The zero-order valence-electron chi connectivity index (χ0n) is 9.03. The fraction of sp³-hybridized carbons (Fsp3) is 0.636. The van der Waals surface area contributed by atoms with E-state index in [4.69, 9.17) is 10.00 Å². The lowest BCUT2D eigenvalue weighted by Gasteiger charge is -2.24. The molecule has 1 aliphatic rings. The second kappa shape index (κ2) is 6.07. The van der Waals surface area contributed by atoms with Gasteiger partial charge >= 0.3 is 5.97 Å². The van der Waals surface area contributed by atoms with Gasteiger partial charge in [0.1, 0.15) is 6.07 Å². The van der Waals surface area contributed by atoms with Crippen molar-refractivity contribution in [3.8, 4) is 6.07 Å². The molecule has 15 heavy (non-hydrogen) atoms. The van der Waals surface area contributed by atoms with Gasteiger partial charge in [-0.2, -0.15) is 5.26 Å². The van der Waals surface area contributed by atoms with Gasteiger partial charge in [-0.25, -0.2) is 4.79 Å². The topological polar surface area (TPSA) is 53.3 Å².